The lowest BCUT2D eigenvalue weighted by Gasteiger charge is -2.32. The van der Waals surface area contributed by atoms with Gasteiger partial charge in [0, 0.05) is 6.54 Å². The molecule has 6 heteroatoms. The summed E-state index contributed by atoms with van der Waals surface area (Å²) < 4.78 is 22.5. The Morgan fingerprint density at radius 2 is 1.78 bits per heavy atom. The summed E-state index contributed by atoms with van der Waals surface area (Å²) in [6.07, 6.45) is -0.189. The third-order valence-corrected chi connectivity index (χ3v) is 4.43. The number of aryl methyl sites for hydroxylation is 1. The monoisotopic (exact) mass is 371 g/mol. The van der Waals surface area contributed by atoms with Gasteiger partial charge >= 0.3 is 0 Å². The van der Waals surface area contributed by atoms with Gasteiger partial charge in [-0.05, 0) is 30.7 Å². The molecule has 0 bridgehead atoms. The fraction of sp³-hybridized carbons (Fsp3) is 0.381. The van der Waals surface area contributed by atoms with Crippen LogP contribution in [0.3, 0.4) is 0 Å². The maximum Gasteiger partial charge on any atom is 0.260 e. The van der Waals surface area contributed by atoms with E-state index in [-0.39, 0.29) is 18.6 Å². The first kappa shape index (κ1) is 19.0. The Bertz CT molecular complexity index is 764. The number of ether oxygens (including phenoxy) is 4. The van der Waals surface area contributed by atoms with Crippen molar-refractivity contribution in [2.75, 3.05) is 40.0 Å². The Balaban J connectivity index is 1.50. The van der Waals surface area contributed by atoms with E-state index in [1.165, 1.54) is 0 Å². The number of nitrogens with zero attached hydrogens (tertiary/aromatic N) is 1. The number of para-hydroxylation sites is 3. The van der Waals surface area contributed by atoms with Crippen molar-refractivity contribution in [3.05, 3.63) is 54.1 Å². The molecule has 1 amide bonds. The summed E-state index contributed by atoms with van der Waals surface area (Å²) in [5, 5.41) is 0. The van der Waals surface area contributed by atoms with E-state index >= 15 is 0 Å². The molecule has 0 spiro atoms. The number of methoxy groups -OCH3 is 1. The van der Waals surface area contributed by atoms with Crippen LogP contribution in [0.1, 0.15) is 5.56 Å². The highest BCUT2D eigenvalue weighted by Crippen LogP contribution is 2.26. The first-order valence-electron chi connectivity index (χ1n) is 9.01. The maximum absolute atomic E-state index is 12.5. The SMILES string of the molecule is COc1ccccc1OCC1CN(C(=O)COc2ccccc2C)CCO1. The van der Waals surface area contributed by atoms with Crippen LogP contribution in [0.15, 0.2) is 48.5 Å². The standard InChI is InChI=1S/C21H25NO5/c1-16-7-3-4-8-18(16)27-15-21(23)22-11-12-25-17(13-22)14-26-20-10-6-5-9-19(20)24-2/h3-10,17H,11-15H2,1-2H3. The normalized spacial score (nSPS) is 16.7. The quantitative estimate of drug-likeness (QED) is 0.749. The molecular formula is C21H25NO5. The molecule has 0 aliphatic carbocycles. The Morgan fingerprint density at radius 1 is 1.07 bits per heavy atom. The minimum atomic E-state index is -0.189. The first-order valence-corrected chi connectivity index (χ1v) is 9.01. The number of amides is 1. The van der Waals surface area contributed by atoms with Crippen LogP contribution in [0, 0.1) is 6.92 Å². The lowest BCUT2D eigenvalue weighted by molar-refractivity contribution is -0.142. The molecule has 144 valence electrons. The highest BCUT2D eigenvalue weighted by Gasteiger charge is 2.25. The van der Waals surface area contributed by atoms with Gasteiger partial charge in [-0.3, -0.25) is 4.79 Å². The molecule has 0 N–H and O–H groups in total. The van der Waals surface area contributed by atoms with Gasteiger partial charge in [0.2, 0.25) is 0 Å². The van der Waals surface area contributed by atoms with E-state index in [9.17, 15) is 4.79 Å². The van der Waals surface area contributed by atoms with Gasteiger partial charge in [-0.1, -0.05) is 30.3 Å². The highest BCUT2D eigenvalue weighted by molar-refractivity contribution is 5.78. The zero-order valence-corrected chi connectivity index (χ0v) is 15.7. The molecule has 1 aliphatic rings. The van der Waals surface area contributed by atoms with Crippen LogP contribution in [0.5, 0.6) is 17.2 Å². The maximum atomic E-state index is 12.5. The van der Waals surface area contributed by atoms with E-state index in [1.807, 2.05) is 55.5 Å². The third kappa shape index (κ3) is 5.14. The molecule has 0 saturated carbocycles. The van der Waals surface area contributed by atoms with Crippen molar-refractivity contribution in [1.29, 1.82) is 0 Å². The molecular weight excluding hydrogens is 346 g/mol. The molecule has 2 aromatic rings. The van der Waals surface area contributed by atoms with E-state index < -0.39 is 0 Å². The Labute approximate surface area is 159 Å². The summed E-state index contributed by atoms with van der Waals surface area (Å²) in [5.74, 6) is 2.02. The smallest absolute Gasteiger partial charge is 0.260 e. The minimum absolute atomic E-state index is 0.0188. The molecule has 27 heavy (non-hydrogen) atoms. The molecule has 6 nitrogen and oxygen atoms in total. The van der Waals surface area contributed by atoms with Crippen molar-refractivity contribution in [2.24, 2.45) is 0 Å². The molecule has 3 rings (SSSR count). The van der Waals surface area contributed by atoms with Gasteiger partial charge in [-0.25, -0.2) is 0 Å². The van der Waals surface area contributed by atoms with E-state index in [2.05, 4.69) is 0 Å². The summed E-state index contributed by atoms with van der Waals surface area (Å²) in [6.45, 7) is 3.84. The van der Waals surface area contributed by atoms with Crippen LogP contribution < -0.4 is 14.2 Å². The van der Waals surface area contributed by atoms with Crippen LogP contribution in [0.2, 0.25) is 0 Å². The third-order valence-electron chi connectivity index (χ3n) is 4.43. The fourth-order valence-electron chi connectivity index (χ4n) is 2.92. The summed E-state index contributed by atoms with van der Waals surface area (Å²) in [5.41, 5.74) is 1.01. The van der Waals surface area contributed by atoms with Crippen molar-refractivity contribution >= 4 is 5.91 Å². The summed E-state index contributed by atoms with van der Waals surface area (Å²) >= 11 is 0. The summed E-state index contributed by atoms with van der Waals surface area (Å²) in [4.78, 5) is 14.2. The van der Waals surface area contributed by atoms with Gasteiger partial charge in [0.05, 0.1) is 20.3 Å². The largest absolute Gasteiger partial charge is 0.493 e. The van der Waals surface area contributed by atoms with Crippen LogP contribution in [0.4, 0.5) is 0 Å². The van der Waals surface area contributed by atoms with Crippen molar-refractivity contribution in [3.8, 4) is 17.2 Å². The fourth-order valence-corrected chi connectivity index (χ4v) is 2.92. The van der Waals surface area contributed by atoms with Crippen LogP contribution in [-0.4, -0.2) is 56.9 Å². The van der Waals surface area contributed by atoms with Gasteiger partial charge in [0.15, 0.2) is 18.1 Å². The number of morpholine rings is 1. The van der Waals surface area contributed by atoms with Crippen molar-refractivity contribution < 1.29 is 23.7 Å². The molecule has 0 radical (unpaired) electrons. The number of rotatable bonds is 7. The predicted molar refractivity (Wildman–Crippen MR) is 101 cm³/mol. The van der Waals surface area contributed by atoms with Crippen molar-refractivity contribution in [1.82, 2.24) is 4.90 Å². The Morgan fingerprint density at radius 3 is 2.52 bits per heavy atom. The van der Waals surface area contributed by atoms with E-state index in [4.69, 9.17) is 18.9 Å². The molecule has 1 saturated heterocycles. The van der Waals surface area contributed by atoms with E-state index in [0.717, 1.165) is 11.3 Å². The molecule has 1 heterocycles. The van der Waals surface area contributed by atoms with Crippen LogP contribution in [0.25, 0.3) is 0 Å². The number of carbonyl (C=O) groups is 1. The summed E-state index contributed by atoms with van der Waals surface area (Å²) in [7, 11) is 1.61. The number of benzene rings is 2. The zero-order chi connectivity index (χ0) is 19.1. The van der Waals surface area contributed by atoms with E-state index in [1.54, 1.807) is 12.0 Å². The molecule has 2 aromatic carbocycles. The van der Waals surface area contributed by atoms with Crippen LogP contribution >= 0.6 is 0 Å². The second-order valence-corrected chi connectivity index (χ2v) is 6.35. The van der Waals surface area contributed by atoms with Crippen molar-refractivity contribution in [2.45, 2.75) is 13.0 Å². The van der Waals surface area contributed by atoms with Gasteiger partial charge < -0.3 is 23.8 Å². The first-order chi connectivity index (χ1) is 13.2. The second kappa shape index (κ2) is 9.28. The van der Waals surface area contributed by atoms with Gasteiger partial charge in [-0.15, -0.1) is 0 Å². The Kier molecular flexibility index (Phi) is 6.54. The molecule has 1 atom stereocenters. The van der Waals surface area contributed by atoms with Crippen molar-refractivity contribution in [3.63, 3.8) is 0 Å². The lowest BCUT2D eigenvalue weighted by Crippen LogP contribution is -2.49. The average Bonchev–Trinajstić information content (AvgIpc) is 2.72. The molecule has 1 aliphatic heterocycles. The predicted octanol–water partition coefficient (Wildman–Crippen LogP) is 2.69. The summed E-state index contributed by atoms with van der Waals surface area (Å²) in [6, 6.07) is 15.1. The van der Waals surface area contributed by atoms with Gasteiger partial charge in [0.25, 0.3) is 5.91 Å². The topological polar surface area (TPSA) is 57.2 Å². The minimum Gasteiger partial charge on any atom is -0.493 e. The second-order valence-electron chi connectivity index (χ2n) is 6.35. The van der Waals surface area contributed by atoms with Gasteiger partial charge in [-0.2, -0.15) is 0 Å². The van der Waals surface area contributed by atoms with Gasteiger partial charge in [0.1, 0.15) is 18.5 Å². The average molecular weight is 371 g/mol. The molecule has 0 aromatic heterocycles. The number of carbonyl (C=O) groups excluding carboxylic acids is 1. The Hall–Kier alpha value is -2.73. The lowest BCUT2D eigenvalue weighted by atomic mass is 10.2. The highest BCUT2D eigenvalue weighted by atomic mass is 16.5. The van der Waals surface area contributed by atoms with Crippen LogP contribution in [-0.2, 0) is 9.53 Å². The zero-order valence-electron chi connectivity index (χ0n) is 15.7. The molecule has 1 unspecified atom stereocenters. The number of hydrogen-bond acceptors (Lipinski definition) is 5. The van der Waals surface area contributed by atoms with E-state index in [0.29, 0.717) is 37.8 Å². The molecule has 1 fully saturated rings. The number of hydrogen-bond donors (Lipinski definition) is 0.